The van der Waals surface area contributed by atoms with Crippen LogP contribution in [-0.2, 0) is 13.0 Å². The van der Waals surface area contributed by atoms with Gasteiger partial charge in [0.25, 0.3) is 5.91 Å². The smallest absolute Gasteiger partial charge is 0.275 e. The number of anilines is 1. The second kappa shape index (κ2) is 7.21. The summed E-state index contributed by atoms with van der Waals surface area (Å²) in [5, 5.41) is 12.1. The minimum absolute atomic E-state index is 0.250. The van der Waals surface area contributed by atoms with Crippen LogP contribution in [0.2, 0.25) is 5.02 Å². The molecule has 3 aromatic rings. The van der Waals surface area contributed by atoms with E-state index >= 15 is 0 Å². The standard InChI is InChI=1S/C18H17ClN6O/c19-14-6-5-12(22-18(26)15-11-20-7-8-21-15)10-13(14)17-24-23-16-4-2-1-3-9-25(16)17/h5-8,10-11H,1-4,9H2,(H,22,26). The zero-order valence-corrected chi connectivity index (χ0v) is 14.8. The van der Waals surface area contributed by atoms with Gasteiger partial charge in [0.1, 0.15) is 11.5 Å². The van der Waals surface area contributed by atoms with E-state index in [2.05, 4.69) is 30.0 Å². The van der Waals surface area contributed by atoms with Gasteiger partial charge in [-0.05, 0) is 31.0 Å². The molecule has 1 aliphatic rings. The summed E-state index contributed by atoms with van der Waals surface area (Å²) >= 11 is 6.41. The molecule has 1 amide bonds. The first-order valence-electron chi connectivity index (χ1n) is 8.52. The molecule has 4 rings (SSSR count). The average molecular weight is 369 g/mol. The number of rotatable bonds is 3. The molecule has 0 spiro atoms. The lowest BCUT2D eigenvalue weighted by molar-refractivity contribution is 0.102. The van der Waals surface area contributed by atoms with Gasteiger partial charge >= 0.3 is 0 Å². The molecule has 0 radical (unpaired) electrons. The maximum atomic E-state index is 12.3. The summed E-state index contributed by atoms with van der Waals surface area (Å²) < 4.78 is 2.13. The number of carbonyl (C=O) groups excluding carboxylic acids is 1. The molecule has 26 heavy (non-hydrogen) atoms. The van der Waals surface area contributed by atoms with Crippen molar-refractivity contribution in [3.05, 3.63) is 53.3 Å². The van der Waals surface area contributed by atoms with Crippen LogP contribution in [0.3, 0.4) is 0 Å². The number of aromatic nitrogens is 5. The number of amides is 1. The third-order valence-electron chi connectivity index (χ3n) is 4.37. The first kappa shape index (κ1) is 16.7. The Kier molecular flexibility index (Phi) is 4.62. The molecular weight excluding hydrogens is 352 g/mol. The number of halogens is 1. The lowest BCUT2D eigenvalue weighted by atomic mass is 10.1. The zero-order valence-electron chi connectivity index (χ0n) is 14.0. The van der Waals surface area contributed by atoms with Crippen molar-refractivity contribution in [3.63, 3.8) is 0 Å². The lowest BCUT2D eigenvalue weighted by Gasteiger charge is -2.11. The van der Waals surface area contributed by atoms with Crippen molar-refractivity contribution in [1.82, 2.24) is 24.7 Å². The predicted octanol–water partition coefficient (Wildman–Crippen LogP) is 3.37. The molecule has 2 aromatic heterocycles. The van der Waals surface area contributed by atoms with E-state index in [-0.39, 0.29) is 11.6 Å². The average Bonchev–Trinajstić information content (AvgIpc) is 2.92. The SMILES string of the molecule is O=C(Nc1ccc(Cl)c(-c2nnc3n2CCCCC3)c1)c1cnccn1. The predicted molar refractivity (Wildman–Crippen MR) is 98.0 cm³/mol. The second-order valence-electron chi connectivity index (χ2n) is 6.14. The molecule has 0 saturated carbocycles. The van der Waals surface area contributed by atoms with Crippen LogP contribution >= 0.6 is 11.6 Å². The highest BCUT2D eigenvalue weighted by atomic mass is 35.5. The Balaban J connectivity index is 1.65. The maximum absolute atomic E-state index is 12.3. The van der Waals surface area contributed by atoms with Gasteiger partial charge in [0.15, 0.2) is 5.82 Å². The summed E-state index contributed by atoms with van der Waals surface area (Å²) in [5.74, 6) is 1.40. The van der Waals surface area contributed by atoms with Gasteiger partial charge in [0, 0.05) is 36.6 Å². The number of fused-ring (bicyclic) bond motifs is 1. The monoisotopic (exact) mass is 368 g/mol. The zero-order chi connectivity index (χ0) is 17.9. The molecule has 0 bridgehead atoms. The number of nitrogens with zero attached hydrogens (tertiary/aromatic N) is 5. The number of nitrogens with one attached hydrogen (secondary N) is 1. The first-order valence-corrected chi connectivity index (χ1v) is 8.89. The van der Waals surface area contributed by atoms with Gasteiger partial charge in [0.2, 0.25) is 0 Å². The fraction of sp³-hybridized carbons (Fsp3) is 0.278. The van der Waals surface area contributed by atoms with Gasteiger partial charge in [0.05, 0.1) is 11.2 Å². The summed E-state index contributed by atoms with van der Waals surface area (Å²) in [6.07, 6.45) is 8.75. The van der Waals surface area contributed by atoms with Crippen molar-refractivity contribution in [3.8, 4) is 11.4 Å². The van der Waals surface area contributed by atoms with Gasteiger partial charge in [-0.15, -0.1) is 10.2 Å². The van der Waals surface area contributed by atoms with E-state index in [0.717, 1.165) is 43.0 Å². The summed E-state index contributed by atoms with van der Waals surface area (Å²) in [5.41, 5.74) is 1.62. The molecule has 1 N–H and O–H groups in total. The van der Waals surface area contributed by atoms with E-state index < -0.39 is 0 Å². The molecule has 8 heteroatoms. The molecule has 0 unspecified atom stereocenters. The van der Waals surface area contributed by atoms with Crippen molar-refractivity contribution < 1.29 is 4.79 Å². The Labute approximate surface area is 155 Å². The Hall–Kier alpha value is -2.80. The largest absolute Gasteiger partial charge is 0.321 e. The van der Waals surface area contributed by atoms with Crippen LogP contribution in [0, 0.1) is 0 Å². The highest BCUT2D eigenvalue weighted by Crippen LogP contribution is 2.31. The normalized spacial score (nSPS) is 13.7. The Morgan fingerprint density at radius 1 is 1.15 bits per heavy atom. The van der Waals surface area contributed by atoms with Crippen molar-refractivity contribution in [2.45, 2.75) is 32.2 Å². The third-order valence-corrected chi connectivity index (χ3v) is 4.70. The van der Waals surface area contributed by atoms with Crippen LogP contribution in [0.15, 0.2) is 36.8 Å². The van der Waals surface area contributed by atoms with Gasteiger partial charge in [-0.1, -0.05) is 18.0 Å². The highest BCUT2D eigenvalue weighted by molar-refractivity contribution is 6.33. The van der Waals surface area contributed by atoms with E-state index in [0.29, 0.717) is 10.7 Å². The number of hydrogen-bond acceptors (Lipinski definition) is 5. The quantitative estimate of drug-likeness (QED) is 0.766. The van der Waals surface area contributed by atoms with Crippen molar-refractivity contribution in [1.29, 1.82) is 0 Å². The molecule has 7 nitrogen and oxygen atoms in total. The minimum atomic E-state index is -0.327. The summed E-state index contributed by atoms with van der Waals surface area (Å²) in [4.78, 5) is 20.2. The van der Waals surface area contributed by atoms with Gasteiger partial charge in [-0.3, -0.25) is 9.78 Å². The van der Waals surface area contributed by atoms with E-state index in [1.807, 2.05) is 6.07 Å². The number of aryl methyl sites for hydroxylation is 1. The topological polar surface area (TPSA) is 85.6 Å². The van der Waals surface area contributed by atoms with Gasteiger partial charge < -0.3 is 9.88 Å². The number of benzene rings is 1. The van der Waals surface area contributed by atoms with Crippen LogP contribution in [-0.4, -0.2) is 30.6 Å². The minimum Gasteiger partial charge on any atom is -0.321 e. The van der Waals surface area contributed by atoms with Gasteiger partial charge in [-0.2, -0.15) is 0 Å². The van der Waals surface area contributed by atoms with Crippen LogP contribution in [0.25, 0.3) is 11.4 Å². The molecule has 1 aromatic carbocycles. The fourth-order valence-electron chi connectivity index (χ4n) is 3.07. The van der Waals surface area contributed by atoms with Crippen LogP contribution in [0.1, 0.15) is 35.6 Å². The molecule has 0 fully saturated rings. The molecule has 0 saturated heterocycles. The summed E-state index contributed by atoms with van der Waals surface area (Å²) in [6, 6.07) is 5.32. The number of carbonyl (C=O) groups is 1. The molecule has 132 valence electrons. The molecule has 1 aliphatic heterocycles. The third kappa shape index (κ3) is 3.30. The van der Waals surface area contributed by atoms with Crippen molar-refractivity contribution in [2.24, 2.45) is 0 Å². The van der Waals surface area contributed by atoms with Crippen molar-refractivity contribution >= 4 is 23.2 Å². The molecular formula is C18H17ClN6O. The molecule has 0 atom stereocenters. The first-order chi connectivity index (χ1) is 12.7. The van der Waals surface area contributed by atoms with E-state index in [1.165, 1.54) is 25.0 Å². The van der Waals surface area contributed by atoms with Crippen LogP contribution in [0.5, 0.6) is 0 Å². The Bertz CT molecular complexity index is 940. The van der Waals surface area contributed by atoms with E-state index in [9.17, 15) is 4.79 Å². The lowest BCUT2D eigenvalue weighted by Crippen LogP contribution is -2.14. The summed E-state index contributed by atoms with van der Waals surface area (Å²) in [6.45, 7) is 0.879. The Morgan fingerprint density at radius 3 is 2.92 bits per heavy atom. The molecule has 0 aliphatic carbocycles. The highest BCUT2D eigenvalue weighted by Gasteiger charge is 2.19. The fourth-order valence-corrected chi connectivity index (χ4v) is 3.27. The van der Waals surface area contributed by atoms with Crippen LogP contribution in [0.4, 0.5) is 5.69 Å². The number of hydrogen-bond donors (Lipinski definition) is 1. The molecule has 3 heterocycles. The Morgan fingerprint density at radius 2 is 2.08 bits per heavy atom. The van der Waals surface area contributed by atoms with E-state index in [4.69, 9.17) is 11.6 Å². The second-order valence-corrected chi connectivity index (χ2v) is 6.55. The van der Waals surface area contributed by atoms with Crippen LogP contribution < -0.4 is 5.32 Å². The van der Waals surface area contributed by atoms with Crippen molar-refractivity contribution in [2.75, 3.05) is 5.32 Å². The van der Waals surface area contributed by atoms with E-state index in [1.54, 1.807) is 12.1 Å². The maximum Gasteiger partial charge on any atom is 0.275 e. The summed E-state index contributed by atoms with van der Waals surface area (Å²) in [7, 11) is 0. The van der Waals surface area contributed by atoms with Gasteiger partial charge in [-0.25, -0.2) is 4.98 Å².